The second-order valence-electron chi connectivity index (χ2n) is 7.23. The zero-order valence-electron chi connectivity index (χ0n) is 15.8. The van der Waals surface area contributed by atoms with Crippen molar-refractivity contribution in [3.63, 3.8) is 0 Å². The SMILES string of the molecule is Cl.N[C@@H]1CN(C(=O)c2cccc(CN3C(=O)CNC3=O)c2)C[C@H]1c1ccccc1. The predicted molar refractivity (Wildman–Crippen MR) is 111 cm³/mol. The van der Waals surface area contributed by atoms with Gasteiger partial charge in [0.1, 0.15) is 0 Å². The molecule has 2 aromatic carbocycles. The van der Waals surface area contributed by atoms with Crippen molar-refractivity contribution in [2.75, 3.05) is 19.6 Å². The minimum atomic E-state index is -0.405. The number of amides is 4. The van der Waals surface area contributed by atoms with Gasteiger partial charge in [-0.1, -0.05) is 42.5 Å². The molecule has 4 amide bonds. The zero-order valence-corrected chi connectivity index (χ0v) is 16.6. The third-order valence-corrected chi connectivity index (χ3v) is 5.33. The van der Waals surface area contributed by atoms with E-state index in [1.807, 2.05) is 30.3 Å². The maximum atomic E-state index is 13.0. The third-order valence-electron chi connectivity index (χ3n) is 5.33. The van der Waals surface area contributed by atoms with Gasteiger partial charge in [-0.25, -0.2) is 4.79 Å². The lowest BCUT2D eigenvalue weighted by atomic mass is 9.95. The van der Waals surface area contributed by atoms with E-state index >= 15 is 0 Å². The molecular weight excluding hydrogens is 392 g/mol. The maximum Gasteiger partial charge on any atom is 0.324 e. The van der Waals surface area contributed by atoms with E-state index in [4.69, 9.17) is 5.73 Å². The lowest BCUT2D eigenvalue weighted by Crippen LogP contribution is -2.32. The molecule has 2 heterocycles. The van der Waals surface area contributed by atoms with E-state index in [2.05, 4.69) is 5.32 Å². The van der Waals surface area contributed by atoms with Crippen LogP contribution in [0.2, 0.25) is 0 Å². The quantitative estimate of drug-likeness (QED) is 0.745. The van der Waals surface area contributed by atoms with Gasteiger partial charge in [0, 0.05) is 30.6 Å². The van der Waals surface area contributed by atoms with Crippen molar-refractivity contribution in [3.8, 4) is 0 Å². The molecule has 2 aromatic rings. The van der Waals surface area contributed by atoms with Gasteiger partial charge in [-0.3, -0.25) is 14.5 Å². The maximum absolute atomic E-state index is 13.0. The summed E-state index contributed by atoms with van der Waals surface area (Å²) >= 11 is 0. The Balaban J connectivity index is 0.00000240. The number of nitrogens with two attached hydrogens (primary N) is 1. The Morgan fingerprint density at radius 2 is 1.83 bits per heavy atom. The molecule has 0 aromatic heterocycles. The lowest BCUT2D eigenvalue weighted by Gasteiger charge is -2.18. The van der Waals surface area contributed by atoms with Crippen molar-refractivity contribution in [2.45, 2.75) is 18.5 Å². The highest BCUT2D eigenvalue weighted by molar-refractivity contribution is 6.02. The molecule has 0 spiro atoms. The normalized spacial score (nSPS) is 21.1. The molecule has 29 heavy (non-hydrogen) atoms. The standard InChI is InChI=1S/C21H22N4O3.ClH/c22-18-13-24(12-17(18)15-6-2-1-3-7-15)20(27)16-8-4-5-14(9-16)11-25-19(26)10-23-21(25)28;/h1-9,17-18H,10-13,22H2,(H,23,28);1H/t17-,18+;/m0./s1. The first-order valence-corrected chi connectivity index (χ1v) is 9.30. The van der Waals surface area contributed by atoms with Crippen LogP contribution in [0.25, 0.3) is 0 Å². The van der Waals surface area contributed by atoms with Gasteiger partial charge in [0.05, 0.1) is 13.1 Å². The summed E-state index contributed by atoms with van der Waals surface area (Å²) in [6.45, 7) is 1.23. The van der Waals surface area contributed by atoms with Crippen LogP contribution in [0.5, 0.6) is 0 Å². The van der Waals surface area contributed by atoms with E-state index in [1.54, 1.807) is 29.2 Å². The fourth-order valence-electron chi connectivity index (χ4n) is 3.83. The second kappa shape index (κ2) is 8.63. The summed E-state index contributed by atoms with van der Waals surface area (Å²) in [7, 11) is 0. The predicted octanol–water partition coefficient (Wildman–Crippen LogP) is 1.73. The summed E-state index contributed by atoms with van der Waals surface area (Å²) in [4.78, 5) is 39.4. The van der Waals surface area contributed by atoms with Crippen molar-refractivity contribution >= 4 is 30.3 Å². The minimum Gasteiger partial charge on any atom is -0.336 e. The van der Waals surface area contributed by atoms with Crippen LogP contribution in [0.15, 0.2) is 54.6 Å². The first-order chi connectivity index (χ1) is 13.5. The van der Waals surface area contributed by atoms with Gasteiger partial charge in [-0.15, -0.1) is 12.4 Å². The molecule has 3 N–H and O–H groups in total. The van der Waals surface area contributed by atoms with Crippen LogP contribution in [0, 0.1) is 0 Å². The average Bonchev–Trinajstić information content (AvgIpc) is 3.25. The molecule has 2 aliphatic rings. The Labute approximate surface area is 175 Å². The summed E-state index contributed by atoms with van der Waals surface area (Å²) in [6, 6.07) is 16.5. The number of nitrogens with one attached hydrogen (secondary N) is 1. The van der Waals surface area contributed by atoms with Crippen LogP contribution in [0.3, 0.4) is 0 Å². The van der Waals surface area contributed by atoms with Gasteiger partial charge >= 0.3 is 6.03 Å². The summed E-state index contributed by atoms with van der Waals surface area (Å²) in [5.41, 5.74) is 8.71. The largest absolute Gasteiger partial charge is 0.336 e. The minimum absolute atomic E-state index is 0. The molecule has 8 heteroatoms. The van der Waals surface area contributed by atoms with Crippen molar-refractivity contribution in [1.82, 2.24) is 15.1 Å². The van der Waals surface area contributed by atoms with Gasteiger partial charge in [-0.2, -0.15) is 0 Å². The summed E-state index contributed by atoms with van der Waals surface area (Å²) < 4.78 is 0. The number of hydrogen-bond donors (Lipinski definition) is 2. The van der Waals surface area contributed by atoms with E-state index in [0.717, 1.165) is 16.0 Å². The number of benzene rings is 2. The monoisotopic (exact) mass is 414 g/mol. The van der Waals surface area contributed by atoms with Gasteiger partial charge in [-0.05, 0) is 23.3 Å². The molecule has 2 aliphatic heterocycles. The van der Waals surface area contributed by atoms with Gasteiger partial charge in [0.25, 0.3) is 5.91 Å². The number of urea groups is 1. The first kappa shape index (κ1) is 20.8. The number of nitrogens with zero attached hydrogens (tertiary/aromatic N) is 2. The Morgan fingerprint density at radius 1 is 1.07 bits per heavy atom. The molecule has 2 atom stereocenters. The third kappa shape index (κ3) is 4.26. The van der Waals surface area contributed by atoms with Gasteiger partial charge < -0.3 is 16.0 Å². The number of rotatable bonds is 4. The van der Waals surface area contributed by atoms with Crippen LogP contribution >= 0.6 is 12.4 Å². The van der Waals surface area contributed by atoms with Crippen LogP contribution in [0.1, 0.15) is 27.4 Å². The van der Waals surface area contributed by atoms with Gasteiger partial charge in [0.2, 0.25) is 5.91 Å². The molecule has 2 fully saturated rings. The summed E-state index contributed by atoms with van der Waals surface area (Å²) in [5, 5.41) is 2.50. The Bertz CT molecular complexity index is 905. The highest BCUT2D eigenvalue weighted by atomic mass is 35.5. The molecule has 7 nitrogen and oxygen atoms in total. The molecule has 0 aliphatic carbocycles. The fraction of sp³-hybridized carbons (Fsp3) is 0.286. The van der Waals surface area contributed by atoms with Gasteiger partial charge in [0.15, 0.2) is 0 Å². The van der Waals surface area contributed by atoms with Crippen LogP contribution in [-0.2, 0) is 11.3 Å². The molecule has 0 radical (unpaired) electrons. The van der Waals surface area contributed by atoms with Crippen molar-refractivity contribution in [1.29, 1.82) is 0 Å². The van der Waals surface area contributed by atoms with Crippen molar-refractivity contribution in [2.24, 2.45) is 5.73 Å². The highest BCUT2D eigenvalue weighted by Gasteiger charge is 2.34. The number of likely N-dealkylation sites (tertiary alicyclic amines) is 1. The fourth-order valence-corrected chi connectivity index (χ4v) is 3.83. The van der Waals surface area contributed by atoms with Crippen LogP contribution < -0.4 is 11.1 Å². The number of carbonyl (C=O) groups is 3. The molecule has 0 unspecified atom stereocenters. The highest BCUT2D eigenvalue weighted by Crippen LogP contribution is 2.27. The Hall–Kier alpha value is -2.90. The van der Waals surface area contributed by atoms with Crippen molar-refractivity contribution in [3.05, 3.63) is 71.3 Å². The molecule has 0 saturated carbocycles. The molecular formula is C21H23ClN4O3. The van der Waals surface area contributed by atoms with Crippen LogP contribution in [-0.4, -0.2) is 53.3 Å². The van der Waals surface area contributed by atoms with E-state index in [9.17, 15) is 14.4 Å². The smallest absolute Gasteiger partial charge is 0.324 e. The Kier molecular flexibility index (Phi) is 6.20. The summed E-state index contributed by atoms with van der Waals surface area (Å²) in [5.74, 6) is -0.245. The number of imide groups is 1. The van der Waals surface area contributed by atoms with Crippen LogP contribution in [0.4, 0.5) is 4.79 Å². The molecule has 0 bridgehead atoms. The van der Waals surface area contributed by atoms with E-state index in [-0.39, 0.29) is 49.3 Å². The number of carbonyl (C=O) groups excluding carboxylic acids is 3. The zero-order chi connectivity index (χ0) is 19.7. The average molecular weight is 415 g/mol. The molecule has 152 valence electrons. The van der Waals surface area contributed by atoms with E-state index < -0.39 is 6.03 Å². The number of hydrogen-bond acceptors (Lipinski definition) is 4. The van der Waals surface area contributed by atoms with Crippen molar-refractivity contribution < 1.29 is 14.4 Å². The molecule has 4 rings (SSSR count). The van der Waals surface area contributed by atoms with E-state index in [0.29, 0.717) is 18.7 Å². The topological polar surface area (TPSA) is 95.7 Å². The van der Waals surface area contributed by atoms with E-state index in [1.165, 1.54) is 0 Å². The Morgan fingerprint density at radius 3 is 2.52 bits per heavy atom. The first-order valence-electron chi connectivity index (χ1n) is 9.30. The summed E-state index contributed by atoms with van der Waals surface area (Å²) in [6.07, 6.45) is 0. The lowest BCUT2D eigenvalue weighted by molar-refractivity contribution is -0.125. The molecule has 2 saturated heterocycles. The number of halogens is 1. The second-order valence-corrected chi connectivity index (χ2v) is 7.23.